The smallest absolute Gasteiger partial charge is 0.0161 e. The Balaban J connectivity index is 3.90. The van der Waals surface area contributed by atoms with Gasteiger partial charge >= 0.3 is 0 Å². The summed E-state index contributed by atoms with van der Waals surface area (Å²) < 4.78 is 0. The molecule has 0 aliphatic carbocycles. The van der Waals surface area contributed by atoms with E-state index >= 15 is 0 Å². The third kappa shape index (κ3) is 3.73. The molecule has 0 aliphatic heterocycles. The van der Waals surface area contributed by atoms with Gasteiger partial charge in [-0.1, -0.05) is 0 Å². The quantitative estimate of drug-likeness (QED) is 0.664. The Hall–Kier alpha value is -0.0800. The van der Waals surface area contributed by atoms with Crippen molar-refractivity contribution in [1.29, 1.82) is 0 Å². The van der Waals surface area contributed by atoms with Crippen LogP contribution in [0.2, 0.25) is 0 Å². The average Bonchev–Trinajstić information content (AvgIpc) is 1.86. The molecule has 0 saturated heterocycles. The van der Waals surface area contributed by atoms with Crippen molar-refractivity contribution in [2.45, 2.75) is 38.8 Å². The van der Waals surface area contributed by atoms with Crippen molar-refractivity contribution >= 4 is 0 Å². The largest absolute Gasteiger partial charge is 0.317 e. The highest BCUT2D eigenvalue weighted by atomic mass is 15.1. The molecule has 1 unspecified atom stereocenters. The normalized spacial score (nSPS) is 15.5. The second-order valence-electron chi connectivity index (χ2n) is 4.10. The molecule has 1 atom stereocenters. The fraction of sp³-hybridized carbons (Fsp3) is 1.00. The summed E-state index contributed by atoms with van der Waals surface area (Å²) in [4.78, 5) is 2.26. The molecule has 2 heteroatoms. The standard InChI is InChI=1S/C9H22N2/c1-8(10-4)7-9(2,3)11(5)6/h8,10H,7H2,1-6H3. The molecule has 0 aromatic heterocycles. The molecular formula is C9H22N2. The SMILES string of the molecule is CNC(C)CC(C)(C)N(C)C. The molecule has 0 rings (SSSR count). The van der Waals surface area contributed by atoms with Crippen LogP contribution in [0.3, 0.4) is 0 Å². The molecule has 0 radical (unpaired) electrons. The number of hydrogen-bond acceptors (Lipinski definition) is 2. The maximum absolute atomic E-state index is 3.25. The number of hydrogen-bond donors (Lipinski definition) is 1. The fourth-order valence-corrected chi connectivity index (χ4v) is 1.03. The second kappa shape index (κ2) is 4.07. The molecular weight excluding hydrogens is 136 g/mol. The van der Waals surface area contributed by atoms with Crippen LogP contribution >= 0.6 is 0 Å². The van der Waals surface area contributed by atoms with E-state index in [1.54, 1.807) is 0 Å². The van der Waals surface area contributed by atoms with Crippen molar-refractivity contribution < 1.29 is 0 Å². The number of nitrogens with one attached hydrogen (secondary N) is 1. The van der Waals surface area contributed by atoms with Crippen LogP contribution in [0.15, 0.2) is 0 Å². The van der Waals surface area contributed by atoms with Crippen LogP contribution < -0.4 is 5.32 Å². The van der Waals surface area contributed by atoms with E-state index < -0.39 is 0 Å². The maximum atomic E-state index is 3.25. The third-order valence-electron chi connectivity index (χ3n) is 2.51. The van der Waals surface area contributed by atoms with E-state index in [-0.39, 0.29) is 0 Å². The van der Waals surface area contributed by atoms with Gasteiger partial charge in [0.25, 0.3) is 0 Å². The van der Waals surface area contributed by atoms with E-state index in [4.69, 9.17) is 0 Å². The topological polar surface area (TPSA) is 15.3 Å². The maximum Gasteiger partial charge on any atom is 0.0161 e. The zero-order valence-electron chi connectivity index (χ0n) is 8.73. The van der Waals surface area contributed by atoms with Crippen LogP contribution in [0.1, 0.15) is 27.2 Å². The van der Waals surface area contributed by atoms with Gasteiger partial charge in [0.05, 0.1) is 0 Å². The molecule has 0 bridgehead atoms. The van der Waals surface area contributed by atoms with E-state index in [2.05, 4.69) is 45.1 Å². The van der Waals surface area contributed by atoms with Crippen LogP contribution in [0, 0.1) is 0 Å². The molecule has 2 nitrogen and oxygen atoms in total. The summed E-state index contributed by atoms with van der Waals surface area (Å²) in [5.74, 6) is 0. The van der Waals surface area contributed by atoms with Crippen molar-refractivity contribution in [3.8, 4) is 0 Å². The minimum absolute atomic E-state index is 0.294. The average molecular weight is 158 g/mol. The second-order valence-corrected chi connectivity index (χ2v) is 4.10. The van der Waals surface area contributed by atoms with Gasteiger partial charge in [0, 0.05) is 11.6 Å². The highest BCUT2D eigenvalue weighted by molar-refractivity contribution is 4.81. The Morgan fingerprint density at radius 3 is 2.09 bits per heavy atom. The van der Waals surface area contributed by atoms with Gasteiger partial charge in [-0.3, -0.25) is 0 Å². The summed E-state index contributed by atoms with van der Waals surface area (Å²) in [7, 11) is 6.27. The van der Waals surface area contributed by atoms with Gasteiger partial charge in [0.15, 0.2) is 0 Å². The van der Waals surface area contributed by atoms with Crippen LogP contribution in [0.5, 0.6) is 0 Å². The van der Waals surface area contributed by atoms with Crippen LogP contribution in [0.4, 0.5) is 0 Å². The molecule has 0 aromatic carbocycles. The zero-order chi connectivity index (χ0) is 9.07. The summed E-state index contributed by atoms with van der Waals surface area (Å²) in [5, 5.41) is 3.25. The summed E-state index contributed by atoms with van der Waals surface area (Å²) in [6.45, 7) is 6.74. The van der Waals surface area contributed by atoms with Crippen LogP contribution in [0.25, 0.3) is 0 Å². The van der Waals surface area contributed by atoms with E-state index in [0.29, 0.717) is 11.6 Å². The molecule has 0 aliphatic rings. The van der Waals surface area contributed by atoms with E-state index in [9.17, 15) is 0 Å². The molecule has 0 aromatic rings. The lowest BCUT2D eigenvalue weighted by Gasteiger charge is -2.34. The molecule has 0 saturated carbocycles. The first kappa shape index (κ1) is 10.9. The van der Waals surface area contributed by atoms with Gasteiger partial charge < -0.3 is 10.2 Å². The molecule has 0 amide bonds. The van der Waals surface area contributed by atoms with Crippen LogP contribution in [-0.4, -0.2) is 37.6 Å². The lowest BCUT2D eigenvalue weighted by molar-refractivity contribution is 0.168. The van der Waals surface area contributed by atoms with Crippen molar-refractivity contribution in [3.63, 3.8) is 0 Å². The van der Waals surface area contributed by atoms with Gasteiger partial charge in [-0.2, -0.15) is 0 Å². The molecule has 11 heavy (non-hydrogen) atoms. The first-order valence-electron chi connectivity index (χ1n) is 4.25. The third-order valence-corrected chi connectivity index (χ3v) is 2.51. The Labute approximate surface area is 71.0 Å². The highest BCUT2D eigenvalue weighted by Crippen LogP contribution is 2.16. The Morgan fingerprint density at radius 2 is 1.82 bits per heavy atom. The zero-order valence-corrected chi connectivity index (χ0v) is 8.73. The highest BCUT2D eigenvalue weighted by Gasteiger charge is 2.22. The monoisotopic (exact) mass is 158 g/mol. The summed E-state index contributed by atoms with van der Waals surface area (Å²) in [5.41, 5.74) is 0.294. The minimum atomic E-state index is 0.294. The molecule has 0 fully saturated rings. The summed E-state index contributed by atoms with van der Waals surface area (Å²) in [6, 6.07) is 0.590. The fourth-order valence-electron chi connectivity index (χ4n) is 1.03. The summed E-state index contributed by atoms with van der Waals surface area (Å²) >= 11 is 0. The van der Waals surface area contributed by atoms with Crippen molar-refractivity contribution in [1.82, 2.24) is 10.2 Å². The van der Waals surface area contributed by atoms with Gasteiger partial charge in [0.1, 0.15) is 0 Å². The Bertz CT molecular complexity index is 108. The van der Waals surface area contributed by atoms with E-state index in [0.717, 1.165) is 0 Å². The number of rotatable bonds is 4. The van der Waals surface area contributed by atoms with Gasteiger partial charge in [-0.15, -0.1) is 0 Å². The lowest BCUT2D eigenvalue weighted by atomic mass is 9.95. The molecule has 68 valence electrons. The van der Waals surface area contributed by atoms with Crippen molar-refractivity contribution in [3.05, 3.63) is 0 Å². The molecule has 1 N–H and O–H groups in total. The Morgan fingerprint density at radius 1 is 1.36 bits per heavy atom. The predicted octanol–water partition coefficient (Wildman–Crippen LogP) is 1.32. The van der Waals surface area contributed by atoms with Crippen molar-refractivity contribution in [2.24, 2.45) is 0 Å². The first-order chi connectivity index (χ1) is 4.90. The van der Waals surface area contributed by atoms with Gasteiger partial charge in [-0.25, -0.2) is 0 Å². The van der Waals surface area contributed by atoms with Crippen LogP contribution in [-0.2, 0) is 0 Å². The molecule has 0 spiro atoms. The Kier molecular flexibility index (Phi) is 4.04. The first-order valence-corrected chi connectivity index (χ1v) is 4.25. The predicted molar refractivity (Wildman–Crippen MR) is 50.9 cm³/mol. The van der Waals surface area contributed by atoms with Crippen molar-refractivity contribution in [2.75, 3.05) is 21.1 Å². The van der Waals surface area contributed by atoms with Gasteiger partial charge in [0.2, 0.25) is 0 Å². The van der Waals surface area contributed by atoms with E-state index in [1.165, 1.54) is 6.42 Å². The number of nitrogens with zero attached hydrogens (tertiary/aromatic N) is 1. The summed E-state index contributed by atoms with van der Waals surface area (Å²) in [6.07, 6.45) is 1.18. The molecule has 0 heterocycles. The lowest BCUT2D eigenvalue weighted by Crippen LogP contribution is -2.43. The minimum Gasteiger partial charge on any atom is -0.317 e. The van der Waals surface area contributed by atoms with E-state index in [1.807, 2.05) is 7.05 Å². The van der Waals surface area contributed by atoms with Gasteiger partial charge in [-0.05, 0) is 48.3 Å².